The van der Waals surface area contributed by atoms with Gasteiger partial charge in [0.2, 0.25) is 0 Å². The quantitative estimate of drug-likeness (QED) is 0.875. The van der Waals surface area contributed by atoms with Gasteiger partial charge in [0.05, 0.1) is 12.3 Å². The fourth-order valence-electron chi connectivity index (χ4n) is 3.49. The molecule has 0 saturated carbocycles. The minimum atomic E-state index is -0.372. The number of carbonyl (C=O) groups is 2. The molecule has 1 aromatic carbocycles. The molecule has 1 unspecified atom stereocenters. The van der Waals surface area contributed by atoms with Gasteiger partial charge in [-0.25, -0.2) is 4.79 Å². The Labute approximate surface area is 135 Å². The molecule has 0 radical (unpaired) electrons. The lowest BCUT2D eigenvalue weighted by Gasteiger charge is -2.26. The van der Waals surface area contributed by atoms with Crippen LogP contribution in [0.3, 0.4) is 0 Å². The largest absolute Gasteiger partial charge is 0.450 e. The molecule has 122 valence electrons. The van der Waals surface area contributed by atoms with Crippen LogP contribution in [-0.2, 0) is 18.2 Å². The van der Waals surface area contributed by atoms with E-state index in [0.29, 0.717) is 13.2 Å². The lowest BCUT2D eigenvalue weighted by atomic mass is 9.85. The average molecular weight is 314 g/mol. The van der Waals surface area contributed by atoms with Crippen molar-refractivity contribution in [1.29, 1.82) is 0 Å². The first kappa shape index (κ1) is 15.6. The second-order valence-corrected chi connectivity index (χ2v) is 6.08. The zero-order valence-electron chi connectivity index (χ0n) is 13.8. The maximum Gasteiger partial charge on any atom is 0.409 e. The van der Waals surface area contributed by atoms with Crippen LogP contribution >= 0.6 is 0 Å². The highest BCUT2D eigenvalue weighted by atomic mass is 16.5. The number of ether oxygens (including phenoxy) is 1. The van der Waals surface area contributed by atoms with E-state index in [-0.39, 0.29) is 17.8 Å². The highest BCUT2D eigenvalue weighted by Crippen LogP contribution is 2.33. The van der Waals surface area contributed by atoms with Gasteiger partial charge in [0.25, 0.3) is 0 Å². The van der Waals surface area contributed by atoms with Gasteiger partial charge in [0.15, 0.2) is 5.78 Å². The van der Waals surface area contributed by atoms with Crippen LogP contribution < -0.4 is 0 Å². The molecule has 1 aromatic heterocycles. The van der Waals surface area contributed by atoms with Gasteiger partial charge in [0.1, 0.15) is 0 Å². The van der Waals surface area contributed by atoms with Gasteiger partial charge < -0.3 is 14.2 Å². The molecule has 0 saturated heterocycles. The SMILES string of the molecule is CCOC(=O)N(C)CC1CCc2c(n(C)c3ccccc23)C1=O. The molecule has 5 nitrogen and oxygen atoms in total. The van der Waals surface area contributed by atoms with Gasteiger partial charge in [-0.3, -0.25) is 4.79 Å². The molecule has 3 rings (SSSR count). The van der Waals surface area contributed by atoms with Gasteiger partial charge in [-0.1, -0.05) is 18.2 Å². The van der Waals surface area contributed by atoms with Crippen molar-refractivity contribution in [3.05, 3.63) is 35.5 Å². The molecule has 5 heteroatoms. The molecule has 2 aromatic rings. The number of nitrogens with zero attached hydrogens (tertiary/aromatic N) is 2. The Morgan fingerprint density at radius 2 is 2.13 bits per heavy atom. The predicted octanol–water partition coefficient (Wildman–Crippen LogP) is 3.01. The third kappa shape index (κ3) is 2.60. The summed E-state index contributed by atoms with van der Waals surface area (Å²) in [6.07, 6.45) is 1.26. The van der Waals surface area contributed by atoms with Crippen molar-refractivity contribution in [3.8, 4) is 0 Å². The highest BCUT2D eigenvalue weighted by molar-refractivity contribution is 6.05. The monoisotopic (exact) mass is 314 g/mol. The Morgan fingerprint density at radius 3 is 2.87 bits per heavy atom. The molecule has 23 heavy (non-hydrogen) atoms. The minimum absolute atomic E-state index is 0.126. The van der Waals surface area contributed by atoms with E-state index in [0.717, 1.165) is 35.0 Å². The molecule has 0 aliphatic heterocycles. The number of Topliss-reactive ketones (excluding diaryl/α,β-unsaturated/α-hetero) is 1. The lowest BCUT2D eigenvalue weighted by molar-refractivity contribution is 0.0827. The molecule has 0 N–H and O–H groups in total. The van der Waals surface area contributed by atoms with E-state index in [1.54, 1.807) is 14.0 Å². The van der Waals surface area contributed by atoms with Gasteiger partial charge in [-0.05, 0) is 31.4 Å². The number of aryl methyl sites for hydroxylation is 2. The number of carbonyl (C=O) groups excluding carboxylic acids is 2. The van der Waals surface area contributed by atoms with Crippen LogP contribution in [0.15, 0.2) is 24.3 Å². The summed E-state index contributed by atoms with van der Waals surface area (Å²) in [6, 6.07) is 8.12. The number of hydrogen-bond donors (Lipinski definition) is 0. The van der Waals surface area contributed by atoms with Gasteiger partial charge in [-0.15, -0.1) is 0 Å². The molecule has 1 heterocycles. The second kappa shape index (κ2) is 6.07. The third-order valence-electron chi connectivity index (χ3n) is 4.63. The van der Waals surface area contributed by atoms with Crippen molar-refractivity contribution < 1.29 is 14.3 Å². The average Bonchev–Trinajstić information content (AvgIpc) is 2.84. The van der Waals surface area contributed by atoms with E-state index in [9.17, 15) is 9.59 Å². The summed E-state index contributed by atoms with van der Waals surface area (Å²) in [5, 5.41) is 1.16. The molecule has 1 aliphatic carbocycles. The molecule has 0 fully saturated rings. The number of hydrogen-bond acceptors (Lipinski definition) is 3. The summed E-state index contributed by atoms with van der Waals surface area (Å²) in [5.74, 6) is -0.0407. The Hall–Kier alpha value is -2.30. The number of ketones is 1. The van der Waals surface area contributed by atoms with Crippen molar-refractivity contribution in [2.45, 2.75) is 19.8 Å². The van der Waals surface area contributed by atoms with E-state index >= 15 is 0 Å². The zero-order chi connectivity index (χ0) is 16.6. The molecule has 1 amide bonds. The summed E-state index contributed by atoms with van der Waals surface area (Å²) < 4.78 is 6.98. The number of fused-ring (bicyclic) bond motifs is 3. The lowest BCUT2D eigenvalue weighted by Crippen LogP contribution is -2.37. The second-order valence-electron chi connectivity index (χ2n) is 6.08. The third-order valence-corrected chi connectivity index (χ3v) is 4.63. The maximum absolute atomic E-state index is 12.9. The van der Waals surface area contributed by atoms with Gasteiger partial charge in [0, 0.05) is 37.5 Å². The van der Waals surface area contributed by atoms with Crippen molar-refractivity contribution >= 4 is 22.8 Å². The standard InChI is InChI=1S/C18H22N2O3/c1-4-23-18(22)19(2)11-12-9-10-14-13-7-5-6-8-15(13)20(3)16(14)17(12)21/h5-8,12H,4,9-11H2,1-3H3. The van der Waals surface area contributed by atoms with Crippen LogP contribution in [0.1, 0.15) is 29.4 Å². The Balaban J connectivity index is 1.88. The normalized spacial score (nSPS) is 17.2. The van der Waals surface area contributed by atoms with Gasteiger partial charge >= 0.3 is 6.09 Å². The topological polar surface area (TPSA) is 51.5 Å². The first-order chi connectivity index (χ1) is 11.0. The van der Waals surface area contributed by atoms with E-state index in [2.05, 4.69) is 6.07 Å². The Bertz CT molecular complexity index is 763. The first-order valence-electron chi connectivity index (χ1n) is 8.03. The molecular weight excluding hydrogens is 292 g/mol. The molecule has 0 bridgehead atoms. The van der Waals surface area contributed by atoms with E-state index in [1.807, 2.05) is 29.8 Å². The summed E-state index contributed by atoms with van der Waals surface area (Å²) >= 11 is 0. The van der Waals surface area contributed by atoms with Crippen molar-refractivity contribution in [2.24, 2.45) is 13.0 Å². The fraction of sp³-hybridized carbons (Fsp3) is 0.444. The Kier molecular flexibility index (Phi) is 4.11. The smallest absolute Gasteiger partial charge is 0.409 e. The van der Waals surface area contributed by atoms with Crippen LogP contribution in [0.25, 0.3) is 10.9 Å². The van der Waals surface area contributed by atoms with Crippen molar-refractivity contribution in [3.63, 3.8) is 0 Å². The van der Waals surface area contributed by atoms with E-state index in [4.69, 9.17) is 4.74 Å². The van der Waals surface area contributed by atoms with Crippen molar-refractivity contribution in [1.82, 2.24) is 9.47 Å². The van der Waals surface area contributed by atoms with Gasteiger partial charge in [-0.2, -0.15) is 0 Å². The maximum atomic E-state index is 12.9. The van der Waals surface area contributed by atoms with Crippen molar-refractivity contribution in [2.75, 3.05) is 20.2 Å². The fourth-order valence-corrected chi connectivity index (χ4v) is 3.49. The summed E-state index contributed by atoms with van der Waals surface area (Å²) in [6.45, 7) is 2.52. The predicted molar refractivity (Wildman–Crippen MR) is 88.7 cm³/mol. The molecular formula is C18H22N2O3. The molecule has 0 spiro atoms. The molecule has 1 aliphatic rings. The summed E-state index contributed by atoms with van der Waals surface area (Å²) in [4.78, 5) is 26.2. The number of benzene rings is 1. The number of aromatic nitrogens is 1. The zero-order valence-corrected chi connectivity index (χ0v) is 13.8. The highest BCUT2D eigenvalue weighted by Gasteiger charge is 2.33. The minimum Gasteiger partial charge on any atom is -0.450 e. The summed E-state index contributed by atoms with van der Waals surface area (Å²) in [7, 11) is 3.62. The number of rotatable bonds is 3. The van der Waals surface area contributed by atoms with E-state index in [1.165, 1.54) is 4.90 Å². The van der Waals surface area contributed by atoms with Crippen LogP contribution in [0.4, 0.5) is 4.79 Å². The Morgan fingerprint density at radius 1 is 1.39 bits per heavy atom. The summed E-state index contributed by atoms with van der Waals surface area (Å²) in [5.41, 5.74) is 3.02. The van der Waals surface area contributed by atoms with Crippen LogP contribution in [-0.4, -0.2) is 41.5 Å². The molecule has 1 atom stereocenters. The van der Waals surface area contributed by atoms with Crippen LogP contribution in [0, 0.1) is 5.92 Å². The first-order valence-corrected chi connectivity index (χ1v) is 8.03. The number of para-hydroxylation sites is 1. The van der Waals surface area contributed by atoms with Crippen LogP contribution in [0.2, 0.25) is 0 Å². The number of amides is 1. The van der Waals surface area contributed by atoms with E-state index < -0.39 is 0 Å². The van der Waals surface area contributed by atoms with Crippen LogP contribution in [0.5, 0.6) is 0 Å².